The smallest absolute Gasteiger partial charge is 0.401 e. The van der Waals surface area contributed by atoms with Crippen LogP contribution in [-0.4, -0.2) is 12.7 Å². The Hall–Kier alpha value is -0.970. The van der Waals surface area contributed by atoms with E-state index in [1.807, 2.05) is 0 Å². The van der Waals surface area contributed by atoms with Crippen molar-refractivity contribution in [2.24, 2.45) is 0 Å². The molecule has 0 atom stereocenters. The van der Waals surface area contributed by atoms with Crippen molar-refractivity contribution in [3.05, 3.63) is 23.7 Å². The molecule has 0 saturated carbocycles. The van der Waals surface area contributed by atoms with Crippen LogP contribution in [0.1, 0.15) is 11.3 Å². The molecule has 0 aliphatic carbocycles. The molecule has 0 aromatic carbocycles. The van der Waals surface area contributed by atoms with Crippen LogP contribution in [0.4, 0.5) is 13.2 Å². The molecule has 1 N–H and O–H groups in total. The minimum absolute atomic E-state index is 0.177. The van der Waals surface area contributed by atoms with Crippen molar-refractivity contribution in [1.82, 2.24) is 5.32 Å². The summed E-state index contributed by atoms with van der Waals surface area (Å²) >= 11 is 0. The number of halogens is 3. The highest BCUT2D eigenvalue weighted by atomic mass is 19.4. The molecule has 1 heterocycles. The maximum atomic E-state index is 11.7. The largest absolute Gasteiger partial charge is 0.469 e. The van der Waals surface area contributed by atoms with Gasteiger partial charge in [0.05, 0.1) is 12.8 Å². The van der Waals surface area contributed by atoms with Gasteiger partial charge in [-0.3, -0.25) is 0 Å². The molecule has 5 heteroatoms. The summed E-state index contributed by atoms with van der Waals surface area (Å²) in [5.41, 5.74) is 0.724. The molecular formula is C8H10F3NO. The van der Waals surface area contributed by atoms with Gasteiger partial charge in [0, 0.05) is 12.1 Å². The highest BCUT2D eigenvalue weighted by Gasteiger charge is 2.26. The van der Waals surface area contributed by atoms with Crippen molar-refractivity contribution in [2.75, 3.05) is 6.54 Å². The zero-order valence-corrected chi connectivity index (χ0v) is 7.11. The first kappa shape index (κ1) is 10.1. The molecule has 13 heavy (non-hydrogen) atoms. The zero-order chi connectivity index (χ0) is 9.90. The second-order valence-electron chi connectivity index (χ2n) is 2.78. The van der Waals surface area contributed by atoms with E-state index in [0.717, 1.165) is 5.56 Å². The van der Waals surface area contributed by atoms with Crippen LogP contribution in [0.2, 0.25) is 0 Å². The first-order chi connectivity index (χ1) is 5.97. The van der Waals surface area contributed by atoms with Crippen LogP contribution in [-0.2, 0) is 6.54 Å². The average Bonchev–Trinajstić information content (AvgIpc) is 2.33. The van der Waals surface area contributed by atoms with Crippen molar-refractivity contribution < 1.29 is 17.6 Å². The molecule has 0 unspecified atom stereocenters. The van der Waals surface area contributed by atoms with E-state index in [1.54, 1.807) is 13.0 Å². The van der Waals surface area contributed by atoms with Gasteiger partial charge < -0.3 is 9.73 Å². The van der Waals surface area contributed by atoms with Gasteiger partial charge in [-0.1, -0.05) is 0 Å². The number of rotatable bonds is 3. The third-order valence-electron chi connectivity index (χ3n) is 1.44. The first-order valence-corrected chi connectivity index (χ1v) is 3.79. The Kier molecular flexibility index (Phi) is 2.98. The number of hydrogen-bond acceptors (Lipinski definition) is 2. The van der Waals surface area contributed by atoms with Gasteiger partial charge in [-0.05, 0) is 13.0 Å². The lowest BCUT2D eigenvalue weighted by Gasteiger charge is -2.06. The lowest BCUT2D eigenvalue weighted by Crippen LogP contribution is -2.28. The average molecular weight is 193 g/mol. The maximum Gasteiger partial charge on any atom is 0.401 e. The minimum atomic E-state index is -4.15. The summed E-state index contributed by atoms with van der Waals surface area (Å²) in [5, 5.41) is 2.27. The number of nitrogens with one attached hydrogen (secondary N) is 1. The summed E-state index contributed by atoms with van der Waals surface area (Å²) in [6, 6.07) is 1.70. The van der Waals surface area contributed by atoms with Crippen molar-refractivity contribution in [2.45, 2.75) is 19.6 Å². The van der Waals surface area contributed by atoms with E-state index in [2.05, 4.69) is 5.32 Å². The fourth-order valence-corrected chi connectivity index (χ4v) is 0.939. The van der Waals surface area contributed by atoms with Crippen LogP contribution < -0.4 is 5.32 Å². The Morgan fingerprint density at radius 1 is 1.46 bits per heavy atom. The summed E-state index contributed by atoms with van der Waals surface area (Å²) in [6.07, 6.45) is -2.71. The highest BCUT2D eigenvalue weighted by Crippen LogP contribution is 2.13. The van der Waals surface area contributed by atoms with Gasteiger partial charge in [0.25, 0.3) is 0 Å². The lowest BCUT2D eigenvalue weighted by molar-refractivity contribution is -0.125. The van der Waals surface area contributed by atoms with Gasteiger partial charge in [0.1, 0.15) is 5.76 Å². The highest BCUT2D eigenvalue weighted by molar-refractivity contribution is 5.11. The third kappa shape index (κ3) is 3.98. The van der Waals surface area contributed by atoms with Crippen LogP contribution in [0.3, 0.4) is 0 Å². The first-order valence-electron chi connectivity index (χ1n) is 3.79. The number of furan rings is 1. The third-order valence-corrected chi connectivity index (χ3v) is 1.44. The van der Waals surface area contributed by atoms with Crippen LogP contribution in [0.5, 0.6) is 0 Å². The standard InChI is InChI=1S/C8H10F3NO/c1-6-2-7(4-13-6)3-12-5-8(9,10)11/h2,4,12H,3,5H2,1H3. The molecular weight excluding hydrogens is 183 g/mol. The van der Waals surface area contributed by atoms with Gasteiger partial charge in [0.15, 0.2) is 0 Å². The molecule has 1 aromatic rings. The Balaban J connectivity index is 2.28. The predicted octanol–water partition coefficient (Wildman–Crippen LogP) is 2.24. The van der Waals surface area contributed by atoms with E-state index in [4.69, 9.17) is 4.42 Å². The Bertz CT molecular complexity index is 267. The van der Waals surface area contributed by atoms with Crippen molar-refractivity contribution in [3.8, 4) is 0 Å². The number of hydrogen-bond donors (Lipinski definition) is 1. The fourth-order valence-electron chi connectivity index (χ4n) is 0.939. The topological polar surface area (TPSA) is 25.2 Å². The molecule has 2 nitrogen and oxygen atoms in total. The monoisotopic (exact) mass is 193 g/mol. The lowest BCUT2D eigenvalue weighted by atomic mass is 10.3. The zero-order valence-electron chi connectivity index (χ0n) is 7.11. The normalized spacial score (nSPS) is 12.0. The van der Waals surface area contributed by atoms with Crippen LogP contribution >= 0.6 is 0 Å². The van der Waals surface area contributed by atoms with Crippen molar-refractivity contribution in [3.63, 3.8) is 0 Å². The predicted molar refractivity (Wildman–Crippen MR) is 41.2 cm³/mol. The molecule has 0 fully saturated rings. The van der Waals surface area contributed by atoms with E-state index in [0.29, 0.717) is 5.76 Å². The minimum Gasteiger partial charge on any atom is -0.469 e. The molecule has 0 bridgehead atoms. The number of aryl methyl sites for hydroxylation is 1. The van der Waals surface area contributed by atoms with E-state index in [1.165, 1.54) is 6.26 Å². The molecule has 0 saturated heterocycles. The summed E-state index contributed by atoms with van der Waals surface area (Å²) in [4.78, 5) is 0. The Labute approximate surface area is 73.7 Å². The second kappa shape index (κ2) is 3.83. The molecule has 0 aliphatic heterocycles. The SMILES string of the molecule is Cc1cc(CNCC(F)(F)F)co1. The maximum absolute atomic E-state index is 11.7. The van der Waals surface area contributed by atoms with Crippen molar-refractivity contribution in [1.29, 1.82) is 0 Å². The molecule has 0 spiro atoms. The molecule has 74 valence electrons. The summed E-state index contributed by atoms with van der Waals surface area (Å²) in [7, 11) is 0. The van der Waals surface area contributed by atoms with Crippen LogP contribution in [0.15, 0.2) is 16.7 Å². The van der Waals surface area contributed by atoms with Gasteiger partial charge >= 0.3 is 6.18 Å². The Morgan fingerprint density at radius 3 is 2.62 bits per heavy atom. The quantitative estimate of drug-likeness (QED) is 0.796. The summed E-state index contributed by atoms with van der Waals surface area (Å²) in [6.45, 7) is 0.946. The van der Waals surface area contributed by atoms with Crippen molar-refractivity contribution >= 4 is 0 Å². The van der Waals surface area contributed by atoms with E-state index in [9.17, 15) is 13.2 Å². The van der Waals surface area contributed by atoms with E-state index >= 15 is 0 Å². The molecule has 0 radical (unpaired) electrons. The summed E-state index contributed by atoms with van der Waals surface area (Å²) in [5.74, 6) is 0.698. The van der Waals surface area contributed by atoms with Gasteiger partial charge in [-0.15, -0.1) is 0 Å². The molecule has 1 rings (SSSR count). The fraction of sp³-hybridized carbons (Fsp3) is 0.500. The second-order valence-corrected chi connectivity index (χ2v) is 2.78. The number of alkyl halides is 3. The van der Waals surface area contributed by atoms with Gasteiger partial charge in [0.2, 0.25) is 0 Å². The van der Waals surface area contributed by atoms with Crippen LogP contribution in [0.25, 0.3) is 0 Å². The van der Waals surface area contributed by atoms with Crippen LogP contribution in [0, 0.1) is 6.92 Å². The molecule has 1 aromatic heterocycles. The molecule has 0 aliphatic rings. The van der Waals surface area contributed by atoms with E-state index < -0.39 is 12.7 Å². The van der Waals surface area contributed by atoms with Gasteiger partial charge in [-0.2, -0.15) is 13.2 Å². The van der Waals surface area contributed by atoms with E-state index in [-0.39, 0.29) is 6.54 Å². The summed E-state index contributed by atoms with van der Waals surface area (Å²) < 4.78 is 40.0. The Morgan fingerprint density at radius 2 is 2.15 bits per heavy atom. The van der Waals surface area contributed by atoms with Gasteiger partial charge in [-0.25, -0.2) is 0 Å². The molecule has 0 amide bonds.